The standard InChI is InChI=1S/C21H21FN2O2S/c1-21(2,16-4-3-5-17(22)10-16)13-23-20(25)15-6-8-19(9-7-15)26-11-18-12-27-14-24-18/h3-10,12,14H,11,13H2,1-2H3,(H,23,25). The van der Waals surface area contributed by atoms with Crippen LogP contribution in [0.3, 0.4) is 0 Å². The van der Waals surface area contributed by atoms with Crippen LogP contribution in [-0.4, -0.2) is 17.4 Å². The molecule has 27 heavy (non-hydrogen) atoms. The second-order valence-electron chi connectivity index (χ2n) is 6.87. The van der Waals surface area contributed by atoms with Crippen LogP contribution in [0, 0.1) is 5.82 Å². The minimum Gasteiger partial charge on any atom is -0.487 e. The van der Waals surface area contributed by atoms with Crippen LogP contribution in [0.2, 0.25) is 0 Å². The zero-order chi connectivity index (χ0) is 19.3. The van der Waals surface area contributed by atoms with Gasteiger partial charge in [0.25, 0.3) is 5.91 Å². The SMILES string of the molecule is CC(C)(CNC(=O)c1ccc(OCc2cscn2)cc1)c1cccc(F)c1. The lowest BCUT2D eigenvalue weighted by atomic mass is 9.84. The van der Waals surface area contributed by atoms with Crippen LogP contribution >= 0.6 is 11.3 Å². The Balaban J connectivity index is 1.56. The quantitative estimate of drug-likeness (QED) is 0.649. The van der Waals surface area contributed by atoms with Crippen LogP contribution < -0.4 is 10.1 Å². The summed E-state index contributed by atoms with van der Waals surface area (Å²) >= 11 is 1.52. The molecule has 2 aromatic carbocycles. The molecule has 0 unspecified atom stereocenters. The number of hydrogen-bond donors (Lipinski definition) is 1. The molecule has 0 spiro atoms. The molecule has 6 heteroatoms. The fourth-order valence-corrected chi connectivity index (χ4v) is 3.13. The number of hydrogen-bond acceptors (Lipinski definition) is 4. The second-order valence-corrected chi connectivity index (χ2v) is 7.59. The number of carbonyl (C=O) groups excluding carboxylic acids is 1. The summed E-state index contributed by atoms with van der Waals surface area (Å²) in [4.78, 5) is 16.6. The molecule has 3 aromatic rings. The zero-order valence-electron chi connectivity index (χ0n) is 15.2. The van der Waals surface area contributed by atoms with Gasteiger partial charge in [-0.05, 0) is 42.0 Å². The van der Waals surface area contributed by atoms with Crippen molar-refractivity contribution in [1.29, 1.82) is 0 Å². The highest BCUT2D eigenvalue weighted by Gasteiger charge is 2.22. The molecule has 0 fully saturated rings. The van der Waals surface area contributed by atoms with E-state index in [2.05, 4.69) is 10.3 Å². The van der Waals surface area contributed by atoms with E-state index in [0.29, 0.717) is 24.5 Å². The summed E-state index contributed by atoms with van der Waals surface area (Å²) in [5, 5.41) is 4.85. The van der Waals surface area contributed by atoms with E-state index in [4.69, 9.17) is 4.74 Å². The van der Waals surface area contributed by atoms with Gasteiger partial charge in [0.1, 0.15) is 18.2 Å². The Kier molecular flexibility index (Phi) is 5.86. The average molecular weight is 384 g/mol. The first kappa shape index (κ1) is 19.0. The molecular weight excluding hydrogens is 363 g/mol. The van der Waals surface area contributed by atoms with Crippen LogP contribution in [0.15, 0.2) is 59.4 Å². The van der Waals surface area contributed by atoms with Gasteiger partial charge in [0.2, 0.25) is 0 Å². The topological polar surface area (TPSA) is 51.2 Å². The molecule has 1 aromatic heterocycles. The molecule has 3 rings (SSSR count). The van der Waals surface area contributed by atoms with Crippen molar-refractivity contribution in [3.63, 3.8) is 0 Å². The van der Waals surface area contributed by atoms with E-state index in [1.807, 2.05) is 25.3 Å². The second kappa shape index (κ2) is 8.31. The summed E-state index contributed by atoms with van der Waals surface area (Å²) in [6.45, 7) is 4.74. The minimum absolute atomic E-state index is 0.175. The fourth-order valence-electron chi connectivity index (χ4n) is 2.58. The van der Waals surface area contributed by atoms with E-state index in [0.717, 1.165) is 11.3 Å². The lowest BCUT2D eigenvalue weighted by Gasteiger charge is -2.25. The van der Waals surface area contributed by atoms with Crippen LogP contribution in [0.25, 0.3) is 0 Å². The van der Waals surface area contributed by atoms with E-state index in [9.17, 15) is 9.18 Å². The Morgan fingerprint density at radius 1 is 1.22 bits per heavy atom. The number of amides is 1. The monoisotopic (exact) mass is 384 g/mol. The van der Waals surface area contributed by atoms with Crippen molar-refractivity contribution in [2.45, 2.75) is 25.9 Å². The maximum absolute atomic E-state index is 13.4. The third-order valence-corrected chi connectivity index (χ3v) is 4.92. The van der Waals surface area contributed by atoms with Gasteiger partial charge >= 0.3 is 0 Å². The first-order chi connectivity index (χ1) is 12.9. The highest BCUT2D eigenvalue weighted by molar-refractivity contribution is 7.07. The summed E-state index contributed by atoms with van der Waals surface area (Å²) in [5.41, 5.74) is 3.65. The van der Waals surface area contributed by atoms with Crippen LogP contribution in [0.5, 0.6) is 5.75 Å². The van der Waals surface area contributed by atoms with Crippen molar-refractivity contribution in [2.24, 2.45) is 0 Å². The smallest absolute Gasteiger partial charge is 0.251 e. The maximum atomic E-state index is 13.4. The number of nitrogens with one attached hydrogen (secondary N) is 1. The number of carbonyl (C=O) groups is 1. The molecule has 0 aliphatic rings. The Labute approximate surface area is 162 Å². The van der Waals surface area contributed by atoms with Gasteiger partial charge in [-0.15, -0.1) is 11.3 Å². The summed E-state index contributed by atoms with van der Waals surface area (Å²) in [6.07, 6.45) is 0. The molecule has 1 heterocycles. The molecular formula is C21H21FN2O2S. The number of nitrogens with zero attached hydrogens (tertiary/aromatic N) is 1. The minimum atomic E-state index is -0.381. The number of thiazole rings is 1. The van der Waals surface area contributed by atoms with Gasteiger partial charge in [-0.25, -0.2) is 9.37 Å². The lowest BCUT2D eigenvalue weighted by Crippen LogP contribution is -2.36. The average Bonchev–Trinajstić information content (AvgIpc) is 3.18. The maximum Gasteiger partial charge on any atom is 0.251 e. The summed E-state index contributed by atoms with van der Waals surface area (Å²) in [7, 11) is 0. The molecule has 1 amide bonds. The zero-order valence-corrected chi connectivity index (χ0v) is 16.1. The van der Waals surface area contributed by atoms with E-state index in [1.54, 1.807) is 35.8 Å². The van der Waals surface area contributed by atoms with Gasteiger partial charge < -0.3 is 10.1 Å². The van der Waals surface area contributed by atoms with Crippen molar-refractivity contribution in [1.82, 2.24) is 10.3 Å². The molecule has 0 atom stereocenters. The van der Waals surface area contributed by atoms with Crippen LogP contribution in [-0.2, 0) is 12.0 Å². The first-order valence-electron chi connectivity index (χ1n) is 8.58. The van der Waals surface area contributed by atoms with Crippen molar-refractivity contribution >= 4 is 17.2 Å². The molecule has 1 N–H and O–H groups in total. The molecule has 4 nitrogen and oxygen atoms in total. The van der Waals surface area contributed by atoms with E-state index in [1.165, 1.54) is 23.5 Å². The Bertz CT molecular complexity index is 893. The van der Waals surface area contributed by atoms with E-state index < -0.39 is 0 Å². The molecule has 0 radical (unpaired) electrons. The largest absolute Gasteiger partial charge is 0.487 e. The number of aromatic nitrogens is 1. The lowest BCUT2D eigenvalue weighted by molar-refractivity contribution is 0.0945. The number of benzene rings is 2. The van der Waals surface area contributed by atoms with Gasteiger partial charge in [-0.1, -0.05) is 26.0 Å². The highest BCUT2D eigenvalue weighted by Crippen LogP contribution is 2.23. The van der Waals surface area contributed by atoms with E-state index in [-0.39, 0.29) is 17.1 Å². The molecule has 0 bridgehead atoms. The number of halogens is 1. The predicted molar refractivity (Wildman–Crippen MR) is 105 cm³/mol. The Hall–Kier alpha value is -2.73. The third kappa shape index (κ3) is 5.14. The Morgan fingerprint density at radius 2 is 2.00 bits per heavy atom. The highest BCUT2D eigenvalue weighted by atomic mass is 32.1. The van der Waals surface area contributed by atoms with Gasteiger partial charge in [-0.2, -0.15) is 0 Å². The molecule has 0 saturated carbocycles. The number of ether oxygens (including phenoxy) is 1. The summed E-state index contributed by atoms with van der Waals surface area (Å²) in [6, 6.07) is 13.4. The summed E-state index contributed by atoms with van der Waals surface area (Å²) < 4.78 is 19.1. The Morgan fingerprint density at radius 3 is 2.67 bits per heavy atom. The van der Waals surface area contributed by atoms with Crippen molar-refractivity contribution in [3.05, 3.63) is 82.1 Å². The van der Waals surface area contributed by atoms with Crippen molar-refractivity contribution in [3.8, 4) is 5.75 Å². The van der Waals surface area contributed by atoms with E-state index >= 15 is 0 Å². The first-order valence-corrected chi connectivity index (χ1v) is 9.52. The number of rotatable bonds is 7. The van der Waals surface area contributed by atoms with Crippen molar-refractivity contribution in [2.75, 3.05) is 6.54 Å². The van der Waals surface area contributed by atoms with Gasteiger partial charge in [0, 0.05) is 22.9 Å². The van der Waals surface area contributed by atoms with Gasteiger partial charge in [0.15, 0.2) is 0 Å². The molecule has 0 aliphatic heterocycles. The van der Waals surface area contributed by atoms with Crippen LogP contribution in [0.4, 0.5) is 4.39 Å². The summed E-state index contributed by atoms with van der Waals surface area (Å²) in [5.74, 6) is 0.227. The third-order valence-electron chi connectivity index (χ3n) is 4.28. The predicted octanol–water partition coefficient (Wildman–Crippen LogP) is 4.57. The molecule has 140 valence electrons. The molecule has 0 aliphatic carbocycles. The van der Waals surface area contributed by atoms with Gasteiger partial charge in [0.05, 0.1) is 11.2 Å². The normalized spacial score (nSPS) is 11.2. The van der Waals surface area contributed by atoms with Crippen LogP contribution in [0.1, 0.15) is 35.5 Å². The van der Waals surface area contributed by atoms with Gasteiger partial charge in [-0.3, -0.25) is 4.79 Å². The molecule has 0 saturated heterocycles. The van der Waals surface area contributed by atoms with Crippen molar-refractivity contribution < 1.29 is 13.9 Å². The fraction of sp³-hybridized carbons (Fsp3) is 0.238.